The SMILES string of the molecule is O=CC(c1ccccc1)(c1ccc(O)cc1)c1ccc(O)cc1. The molecule has 0 radical (unpaired) electrons. The highest BCUT2D eigenvalue weighted by Gasteiger charge is 2.36. The molecule has 0 atom stereocenters. The molecule has 23 heavy (non-hydrogen) atoms. The van der Waals surface area contributed by atoms with Crippen LogP contribution >= 0.6 is 0 Å². The fourth-order valence-electron chi connectivity index (χ4n) is 2.85. The topological polar surface area (TPSA) is 57.5 Å². The number of phenols is 2. The summed E-state index contributed by atoms with van der Waals surface area (Å²) in [6, 6.07) is 22.7. The molecular formula is C20H16O3. The van der Waals surface area contributed by atoms with Gasteiger partial charge in [-0.15, -0.1) is 0 Å². The van der Waals surface area contributed by atoms with Crippen molar-refractivity contribution in [2.75, 3.05) is 0 Å². The third kappa shape index (κ3) is 2.57. The molecule has 0 aliphatic carbocycles. The Bertz CT molecular complexity index is 745. The van der Waals surface area contributed by atoms with E-state index in [2.05, 4.69) is 0 Å². The maximum Gasteiger partial charge on any atom is 0.139 e. The fraction of sp³-hybridized carbons (Fsp3) is 0.0500. The van der Waals surface area contributed by atoms with Crippen LogP contribution in [0.1, 0.15) is 16.7 Å². The molecule has 3 aromatic rings. The third-order valence-corrected chi connectivity index (χ3v) is 4.05. The molecule has 114 valence electrons. The van der Waals surface area contributed by atoms with E-state index < -0.39 is 5.41 Å². The molecule has 3 rings (SSSR count). The Balaban J connectivity index is 2.29. The Kier molecular flexibility index (Phi) is 3.85. The Hall–Kier alpha value is -3.07. The predicted octanol–water partition coefficient (Wildman–Crippen LogP) is 3.63. The summed E-state index contributed by atoms with van der Waals surface area (Å²) in [6.07, 6.45) is 0.904. The van der Waals surface area contributed by atoms with Gasteiger partial charge in [-0.2, -0.15) is 0 Å². The predicted molar refractivity (Wildman–Crippen MR) is 88.6 cm³/mol. The Labute approximate surface area is 134 Å². The van der Waals surface area contributed by atoms with Crippen molar-refractivity contribution in [1.29, 1.82) is 0 Å². The monoisotopic (exact) mass is 304 g/mol. The van der Waals surface area contributed by atoms with E-state index in [4.69, 9.17) is 0 Å². The van der Waals surface area contributed by atoms with Crippen LogP contribution in [-0.2, 0) is 10.2 Å². The van der Waals surface area contributed by atoms with Crippen molar-refractivity contribution in [3.8, 4) is 11.5 Å². The van der Waals surface area contributed by atoms with Gasteiger partial charge in [-0.05, 0) is 41.0 Å². The van der Waals surface area contributed by atoms with Gasteiger partial charge in [-0.1, -0.05) is 54.6 Å². The molecule has 0 fully saturated rings. The zero-order chi connectivity index (χ0) is 16.3. The lowest BCUT2D eigenvalue weighted by Crippen LogP contribution is -2.31. The quantitative estimate of drug-likeness (QED) is 0.571. The van der Waals surface area contributed by atoms with Crippen LogP contribution in [0.15, 0.2) is 78.9 Å². The van der Waals surface area contributed by atoms with Gasteiger partial charge in [0, 0.05) is 0 Å². The van der Waals surface area contributed by atoms with Crippen LogP contribution in [0.5, 0.6) is 11.5 Å². The highest BCUT2D eigenvalue weighted by atomic mass is 16.3. The van der Waals surface area contributed by atoms with Gasteiger partial charge in [-0.3, -0.25) is 0 Å². The lowest BCUT2D eigenvalue weighted by molar-refractivity contribution is -0.110. The fourth-order valence-corrected chi connectivity index (χ4v) is 2.85. The third-order valence-electron chi connectivity index (χ3n) is 4.05. The van der Waals surface area contributed by atoms with E-state index in [0.717, 1.165) is 23.0 Å². The molecule has 3 heteroatoms. The normalized spacial score (nSPS) is 11.1. The second-order valence-electron chi connectivity index (χ2n) is 5.39. The molecular weight excluding hydrogens is 288 g/mol. The van der Waals surface area contributed by atoms with Gasteiger partial charge >= 0.3 is 0 Å². The molecule has 0 unspecified atom stereocenters. The zero-order valence-electron chi connectivity index (χ0n) is 12.4. The number of benzene rings is 3. The molecule has 0 spiro atoms. The second kappa shape index (κ2) is 5.97. The number of aldehydes is 1. The standard InChI is InChI=1S/C20H16O3/c21-14-20(15-4-2-1-3-5-15,16-6-10-18(22)11-7-16)17-8-12-19(23)13-9-17/h1-14,22-23H. The molecule has 0 amide bonds. The van der Waals surface area contributed by atoms with Crippen molar-refractivity contribution in [2.24, 2.45) is 0 Å². The molecule has 0 saturated carbocycles. The smallest absolute Gasteiger partial charge is 0.139 e. The first kappa shape index (κ1) is 14.9. The lowest BCUT2D eigenvalue weighted by atomic mass is 9.70. The number of carbonyl (C=O) groups excluding carboxylic acids is 1. The second-order valence-corrected chi connectivity index (χ2v) is 5.39. The van der Waals surface area contributed by atoms with Gasteiger partial charge in [0.25, 0.3) is 0 Å². The van der Waals surface area contributed by atoms with Gasteiger partial charge in [0.2, 0.25) is 0 Å². The minimum atomic E-state index is -0.997. The summed E-state index contributed by atoms with van der Waals surface area (Å²) in [5.74, 6) is 0.291. The number of rotatable bonds is 4. The highest BCUT2D eigenvalue weighted by Crippen LogP contribution is 2.38. The van der Waals surface area contributed by atoms with Crippen LogP contribution in [-0.4, -0.2) is 16.5 Å². The number of carbonyl (C=O) groups is 1. The van der Waals surface area contributed by atoms with Crippen LogP contribution in [0, 0.1) is 0 Å². The first-order valence-electron chi connectivity index (χ1n) is 7.28. The Morgan fingerprint density at radius 3 is 1.39 bits per heavy atom. The van der Waals surface area contributed by atoms with Crippen molar-refractivity contribution in [3.05, 3.63) is 95.6 Å². The van der Waals surface area contributed by atoms with Crippen molar-refractivity contribution < 1.29 is 15.0 Å². The summed E-state index contributed by atoms with van der Waals surface area (Å²) < 4.78 is 0. The molecule has 3 aromatic carbocycles. The molecule has 3 nitrogen and oxygen atoms in total. The van der Waals surface area contributed by atoms with E-state index in [1.807, 2.05) is 30.3 Å². The molecule has 0 aromatic heterocycles. The molecule has 0 aliphatic rings. The number of aromatic hydroxyl groups is 2. The molecule has 0 heterocycles. The van der Waals surface area contributed by atoms with Crippen LogP contribution in [0.3, 0.4) is 0 Å². The number of hydrogen-bond donors (Lipinski definition) is 2. The molecule has 0 aliphatic heterocycles. The van der Waals surface area contributed by atoms with Gasteiger partial charge in [0.05, 0.1) is 0 Å². The van der Waals surface area contributed by atoms with Crippen molar-refractivity contribution in [1.82, 2.24) is 0 Å². The van der Waals surface area contributed by atoms with E-state index in [1.165, 1.54) is 0 Å². The average molecular weight is 304 g/mol. The summed E-state index contributed by atoms with van der Waals surface area (Å²) >= 11 is 0. The van der Waals surface area contributed by atoms with E-state index in [0.29, 0.717) is 0 Å². The van der Waals surface area contributed by atoms with E-state index in [1.54, 1.807) is 48.5 Å². The summed E-state index contributed by atoms with van der Waals surface area (Å²) in [5, 5.41) is 19.1. The van der Waals surface area contributed by atoms with E-state index in [9.17, 15) is 15.0 Å². The van der Waals surface area contributed by atoms with E-state index in [-0.39, 0.29) is 11.5 Å². The van der Waals surface area contributed by atoms with Gasteiger partial charge < -0.3 is 15.0 Å². The van der Waals surface area contributed by atoms with E-state index >= 15 is 0 Å². The maximum absolute atomic E-state index is 12.3. The summed E-state index contributed by atoms with van der Waals surface area (Å²) in [7, 11) is 0. The Morgan fingerprint density at radius 2 is 1.00 bits per heavy atom. The largest absolute Gasteiger partial charge is 0.508 e. The average Bonchev–Trinajstić information content (AvgIpc) is 2.60. The Morgan fingerprint density at radius 1 is 0.609 bits per heavy atom. The van der Waals surface area contributed by atoms with Crippen LogP contribution < -0.4 is 0 Å². The first-order valence-corrected chi connectivity index (χ1v) is 7.28. The number of hydrogen-bond acceptors (Lipinski definition) is 3. The minimum Gasteiger partial charge on any atom is -0.508 e. The van der Waals surface area contributed by atoms with Crippen LogP contribution in [0.4, 0.5) is 0 Å². The lowest BCUT2D eigenvalue weighted by Gasteiger charge is -2.30. The molecule has 0 saturated heterocycles. The maximum atomic E-state index is 12.3. The zero-order valence-corrected chi connectivity index (χ0v) is 12.4. The van der Waals surface area contributed by atoms with Gasteiger partial charge in [0.1, 0.15) is 23.2 Å². The van der Waals surface area contributed by atoms with Crippen molar-refractivity contribution in [2.45, 2.75) is 5.41 Å². The summed E-state index contributed by atoms with van der Waals surface area (Å²) in [6.45, 7) is 0. The molecule has 2 N–H and O–H groups in total. The first-order chi connectivity index (χ1) is 11.2. The minimum absolute atomic E-state index is 0.146. The summed E-state index contributed by atoms with van der Waals surface area (Å²) in [4.78, 5) is 12.3. The highest BCUT2D eigenvalue weighted by molar-refractivity contribution is 5.81. The van der Waals surface area contributed by atoms with Crippen LogP contribution in [0.2, 0.25) is 0 Å². The molecule has 0 bridgehead atoms. The number of phenolic OH excluding ortho intramolecular Hbond substituents is 2. The van der Waals surface area contributed by atoms with Crippen LogP contribution in [0.25, 0.3) is 0 Å². The van der Waals surface area contributed by atoms with Crippen molar-refractivity contribution >= 4 is 6.29 Å². The van der Waals surface area contributed by atoms with Gasteiger partial charge in [-0.25, -0.2) is 0 Å². The summed E-state index contributed by atoms with van der Waals surface area (Å²) in [5.41, 5.74) is 1.33. The van der Waals surface area contributed by atoms with Gasteiger partial charge in [0.15, 0.2) is 0 Å². The van der Waals surface area contributed by atoms with Crippen molar-refractivity contribution in [3.63, 3.8) is 0 Å².